The number of benzene rings is 5. The van der Waals surface area contributed by atoms with Crippen LogP contribution in [0.4, 0.5) is 0 Å². The van der Waals surface area contributed by atoms with Crippen LogP contribution in [0.25, 0.3) is 55.3 Å². The molecule has 0 N–H and O–H groups in total. The van der Waals surface area contributed by atoms with E-state index >= 15 is 0 Å². The summed E-state index contributed by atoms with van der Waals surface area (Å²) in [4.78, 5) is 9.48. The van der Waals surface area contributed by atoms with E-state index in [0.29, 0.717) is 5.92 Å². The summed E-state index contributed by atoms with van der Waals surface area (Å²) < 4.78 is 0. The van der Waals surface area contributed by atoms with Crippen molar-refractivity contribution in [2.75, 3.05) is 0 Å². The molecule has 7 aromatic rings. The van der Waals surface area contributed by atoms with Gasteiger partial charge in [0.2, 0.25) is 0 Å². The maximum absolute atomic E-state index is 5.26. The van der Waals surface area contributed by atoms with Gasteiger partial charge in [0, 0.05) is 42.8 Å². The summed E-state index contributed by atoms with van der Waals surface area (Å²) in [5, 5.41) is 3.68. The first-order chi connectivity index (χ1) is 21.4. The second kappa shape index (κ2) is 12.5. The number of hydrogen-bond acceptors (Lipinski definition) is 2. The average Bonchev–Trinajstić information content (AvgIpc) is 3.32. The van der Waals surface area contributed by atoms with E-state index in [2.05, 4.69) is 124 Å². The molecule has 8 rings (SSSR count). The third kappa shape index (κ3) is 5.52. The molecule has 0 spiro atoms. The number of rotatable bonds is 3. The number of hydrogen-bond donors (Lipinski definition) is 0. The number of aromatic nitrogens is 2. The van der Waals surface area contributed by atoms with Crippen molar-refractivity contribution in [1.29, 1.82) is 0 Å². The normalized spacial score (nSPS) is 12.6. The molecule has 0 amide bonds. The summed E-state index contributed by atoms with van der Waals surface area (Å²) in [5.41, 5.74) is 11.8. The van der Waals surface area contributed by atoms with Crippen molar-refractivity contribution in [2.24, 2.45) is 0 Å². The first kappa shape index (κ1) is 30.6. The van der Waals surface area contributed by atoms with Gasteiger partial charge in [0.15, 0.2) is 0 Å². The van der Waals surface area contributed by atoms with Crippen molar-refractivity contribution < 1.29 is 20.1 Å². The minimum Gasteiger partial charge on any atom is -0.305 e. The summed E-state index contributed by atoms with van der Waals surface area (Å²) in [7, 11) is 0. The zero-order valence-corrected chi connectivity index (χ0v) is 28.3. The SMILES string of the molecule is CC(C)c1cc(-c2nc3ccccc3c3c2-c2ccccc2C3(C)C)[c-]c2ccccc12.[Ir].[c-]1ccccc1-c1ccccn1. The minimum atomic E-state index is -0.0824. The molecule has 2 nitrogen and oxygen atoms in total. The zero-order chi connectivity index (χ0) is 30.3. The molecule has 0 saturated heterocycles. The van der Waals surface area contributed by atoms with Crippen LogP contribution in [-0.2, 0) is 25.5 Å². The Morgan fingerprint density at radius 3 is 2.18 bits per heavy atom. The molecule has 3 heteroatoms. The molecule has 1 aliphatic carbocycles. The van der Waals surface area contributed by atoms with Crippen LogP contribution in [0.15, 0.2) is 128 Å². The van der Waals surface area contributed by atoms with Crippen LogP contribution >= 0.6 is 0 Å². The number of fused-ring (bicyclic) bond motifs is 6. The quantitative estimate of drug-likeness (QED) is 0.168. The van der Waals surface area contributed by atoms with Crippen molar-refractivity contribution in [3.05, 3.63) is 156 Å². The van der Waals surface area contributed by atoms with Crippen molar-refractivity contribution in [2.45, 2.75) is 39.0 Å². The predicted octanol–water partition coefficient (Wildman–Crippen LogP) is 10.8. The smallest absolute Gasteiger partial charge is 0.0621 e. The van der Waals surface area contributed by atoms with Crippen LogP contribution in [0.5, 0.6) is 0 Å². The fraction of sp³-hybridized carbons (Fsp3) is 0.143. The monoisotopic (exact) mass is 759 g/mol. The van der Waals surface area contributed by atoms with E-state index in [0.717, 1.165) is 33.4 Å². The molecule has 0 saturated carbocycles. The standard InChI is InChI=1S/C31H26N.C11H8N.Ir/c1-19(2)25-18-21(17-20-11-5-6-12-22(20)25)30-28-23-13-7-9-15-26(23)31(3,4)29(28)24-14-8-10-16-27(24)32-30;1-2-6-10(7-3-1)11-8-4-5-9-12-11;/h5-16,18-19H,1-4H3;1-6,8-9H;/q2*-1;. The van der Waals surface area contributed by atoms with Crippen LogP contribution in [0.2, 0.25) is 0 Å². The van der Waals surface area contributed by atoms with Crippen molar-refractivity contribution in [1.82, 2.24) is 9.97 Å². The minimum absolute atomic E-state index is 0. The summed E-state index contributed by atoms with van der Waals surface area (Å²) in [6, 6.07) is 48.9. The molecule has 45 heavy (non-hydrogen) atoms. The van der Waals surface area contributed by atoms with Gasteiger partial charge in [-0.05, 0) is 46.0 Å². The van der Waals surface area contributed by atoms with Gasteiger partial charge in [-0.3, -0.25) is 4.98 Å². The summed E-state index contributed by atoms with van der Waals surface area (Å²) in [6.45, 7) is 9.22. The van der Waals surface area contributed by atoms with Crippen molar-refractivity contribution in [3.8, 4) is 33.6 Å². The topological polar surface area (TPSA) is 25.8 Å². The van der Waals surface area contributed by atoms with E-state index in [1.165, 1.54) is 38.6 Å². The molecule has 0 fully saturated rings. The maximum atomic E-state index is 5.26. The van der Waals surface area contributed by atoms with Gasteiger partial charge in [-0.25, -0.2) is 0 Å². The Hall–Kier alpha value is -4.43. The molecule has 1 aliphatic rings. The summed E-state index contributed by atoms with van der Waals surface area (Å²) >= 11 is 0. The van der Waals surface area contributed by atoms with Crippen LogP contribution < -0.4 is 0 Å². The van der Waals surface area contributed by atoms with Crippen LogP contribution in [-0.4, -0.2) is 9.97 Å². The number of nitrogens with zero attached hydrogens (tertiary/aromatic N) is 2. The molecular weight excluding hydrogens is 725 g/mol. The van der Waals surface area contributed by atoms with Gasteiger partial charge >= 0.3 is 0 Å². The molecule has 0 unspecified atom stereocenters. The van der Waals surface area contributed by atoms with Crippen molar-refractivity contribution >= 4 is 21.7 Å². The van der Waals surface area contributed by atoms with E-state index in [-0.39, 0.29) is 25.5 Å². The van der Waals surface area contributed by atoms with E-state index in [1.54, 1.807) is 6.20 Å². The Morgan fingerprint density at radius 1 is 0.711 bits per heavy atom. The molecule has 2 aromatic heterocycles. The fourth-order valence-electron chi connectivity index (χ4n) is 6.64. The third-order valence-corrected chi connectivity index (χ3v) is 8.72. The van der Waals surface area contributed by atoms with Gasteiger partial charge in [0.25, 0.3) is 0 Å². The molecule has 0 bridgehead atoms. The Morgan fingerprint density at radius 2 is 1.42 bits per heavy atom. The van der Waals surface area contributed by atoms with Crippen LogP contribution in [0.3, 0.4) is 0 Å². The Kier molecular flexibility index (Phi) is 8.51. The van der Waals surface area contributed by atoms with Gasteiger partial charge in [-0.15, -0.1) is 65.0 Å². The molecule has 1 radical (unpaired) electrons. The van der Waals surface area contributed by atoms with Gasteiger partial charge in [0.05, 0.1) is 5.52 Å². The molecule has 5 aromatic carbocycles. The van der Waals surface area contributed by atoms with Gasteiger partial charge in [-0.1, -0.05) is 111 Å². The maximum Gasteiger partial charge on any atom is 0.0621 e. The van der Waals surface area contributed by atoms with Gasteiger partial charge in [0.1, 0.15) is 0 Å². The summed E-state index contributed by atoms with van der Waals surface area (Å²) in [5.74, 6) is 0.422. The van der Waals surface area contributed by atoms with Crippen LogP contribution in [0.1, 0.15) is 50.3 Å². The number of pyridine rings is 2. The third-order valence-electron chi connectivity index (χ3n) is 8.72. The second-order valence-corrected chi connectivity index (χ2v) is 12.2. The van der Waals surface area contributed by atoms with E-state index in [4.69, 9.17) is 4.98 Å². The first-order valence-electron chi connectivity index (χ1n) is 15.3. The number of para-hydroxylation sites is 1. The van der Waals surface area contributed by atoms with Gasteiger partial charge in [-0.2, -0.15) is 0 Å². The summed E-state index contributed by atoms with van der Waals surface area (Å²) in [6.07, 6.45) is 1.79. The predicted molar refractivity (Wildman–Crippen MR) is 184 cm³/mol. The van der Waals surface area contributed by atoms with Gasteiger partial charge < -0.3 is 4.98 Å². The first-order valence-corrected chi connectivity index (χ1v) is 15.3. The zero-order valence-electron chi connectivity index (χ0n) is 25.9. The van der Waals surface area contributed by atoms with E-state index in [1.807, 2.05) is 42.5 Å². The van der Waals surface area contributed by atoms with E-state index in [9.17, 15) is 0 Å². The Labute approximate surface area is 279 Å². The largest absolute Gasteiger partial charge is 0.305 e. The van der Waals surface area contributed by atoms with E-state index < -0.39 is 0 Å². The Balaban J connectivity index is 0.000000231. The molecular formula is C42H34IrN2-2. The average molecular weight is 759 g/mol. The fourth-order valence-corrected chi connectivity index (χ4v) is 6.64. The van der Waals surface area contributed by atoms with Crippen molar-refractivity contribution in [3.63, 3.8) is 0 Å². The molecule has 0 aliphatic heterocycles. The molecule has 2 heterocycles. The molecule has 0 atom stereocenters. The second-order valence-electron chi connectivity index (χ2n) is 12.2. The van der Waals surface area contributed by atoms with Crippen LogP contribution in [0, 0.1) is 12.1 Å². The Bertz CT molecular complexity index is 2080. The molecule has 223 valence electrons.